The smallest absolute Gasteiger partial charge is 0.137 e. The van der Waals surface area contributed by atoms with Crippen molar-refractivity contribution in [1.29, 1.82) is 5.26 Å². The Morgan fingerprint density at radius 1 is 1.60 bits per heavy atom. The molecule has 0 saturated carbocycles. The summed E-state index contributed by atoms with van der Waals surface area (Å²) in [6.45, 7) is 2.55. The van der Waals surface area contributed by atoms with Gasteiger partial charge in [0.15, 0.2) is 0 Å². The molecule has 0 amide bonds. The minimum absolute atomic E-state index is 0.383. The van der Waals surface area contributed by atoms with Crippen molar-refractivity contribution in [2.24, 2.45) is 5.11 Å². The first kappa shape index (κ1) is 10.9. The van der Waals surface area contributed by atoms with Crippen LogP contribution in [0.2, 0.25) is 0 Å². The molecule has 0 spiro atoms. The Morgan fingerprint density at radius 3 is 3.00 bits per heavy atom. The molecule has 0 heterocycles. The first-order valence-electron chi connectivity index (χ1n) is 4.54. The molecule has 0 aliphatic heterocycles. The van der Waals surface area contributed by atoms with Gasteiger partial charge in [0.2, 0.25) is 0 Å². The molecule has 0 N–H and O–H groups in total. The lowest BCUT2D eigenvalue weighted by molar-refractivity contribution is 0.316. The average molecular weight is 202 g/mol. The van der Waals surface area contributed by atoms with Crippen LogP contribution in [0.15, 0.2) is 23.3 Å². The fourth-order valence-corrected chi connectivity index (χ4v) is 1.06. The molecule has 1 rings (SSSR count). The molecular formula is C10H10N4O. The van der Waals surface area contributed by atoms with Crippen molar-refractivity contribution in [2.45, 2.75) is 13.3 Å². The third kappa shape index (κ3) is 2.90. The lowest BCUT2D eigenvalue weighted by atomic mass is 10.2. The maximum Gasteiger partial charge on any atom is 0.137 e. The minimum Gasteiger partial charge on any atom is -0.492 e. The van der Waals surface area contributed by atoms with E-state index in [-0.39, 0.29) is 0 Å². The van der Waals surface area contributed by atoms with Gasteiger partial charge < -0.3 is 4.74 Å². The molecule has 0 radical (unpaired) electrons. The lowest BCUT2D eigenvalue weighted by Gasteiger charge is -2.06. The number of rotatable bonds is 4. The molecule has 0 aliphatic carbocycles. The third-order valence-electron chi connectivity index (χ3n) is 1.71. The van der Waals surface area contributed by atoms with Crippen molar-refractivity contribution in [3.05, 3.63) is 34.2 Å². The SMILES string of the molecule is CCCOc1ccc(N=[N+]=[N-])cc1C#N. The molecule has 76 valence electrons. The summed E-state index contributed by atoms with van der Waals surface area (Å²) < 4.78 is 5.35. The Bertz CT molecular complexity index is 430. The van der Waals surface area contributed by atoms with Gasteiger partial charge in [0, 0.05) is 10.6 Å². The topological polar surface area (TPSA) is 81.8 Å². The highest BCUT2D eigenvalue weighted by molar-refractivity contribution is 5.52. The monoisotopic (exact) mass is 202 g/mol. The summed E-state index contributed by atoms with van der Waals surface area (Å²) in [7, 11) is 0. The van der Waals surface area contributed by atoms with Crippen LogP contribution in [0.1, 0.15) is 18.9 Å². The fourth-order valence-electron chi connectivity index (χ4n) is 1.06. The normalized spacial score (nSPS) is 8.80. The Morgan fingerprint density at radius 2 is 2.40 bits per heavy atom. The maximum absolute atomic E-state index is 8.85. The van der Waals surface area contributed by atoms with Crippen LogP contribution in [0.4, 0.5) is 5.69 Å². The van der Waals surface area contributed by atoms with Gasteiger partial charge in [0.25, 0.3) is 0 Å². The molecule has 5 nitrogen and oxygen atoms in total. The third-order valence-corrected chi connectivity index (χ3v) is 1.71. The lowest BCUT2D eigenvalue weighted by Crippen LogP contribution is -1.96. The molecule has 0 fully saturated rings. The second kappa shape index (κ2) is 5.53. The maximum atomic E-state index is 8.85. The van der Waals surface area contributed by atoms with Gasteiger partial charge in [-0.15, -0.1) is 0 Å². The Balaban J connectivity index is 2.99. The Labute approximate surface area is 87.5 Å². The molecule has 0 aliphatic rings. The number of benzene rings is 1. The van der Waals surface area contributed by atoms with Crippen LogP contribution in [0.25, 0.3) is 10.4 Å². The molecule has 1 aromatic carbocycles. The molecule has 0 aromatic heterocycles. The van der Waals surface area contributed by atoms with E-state index in [2.05, 4.69) is 10.0 Å². The van der Waals surface area contributed by atoms with Crippen LogP contribution in [0, 0.1) is 11.3 Å². The van der Waals surface area contributed by atoms with E-state index < -0.39 is 0 Å². The zero-order valence-electron chi connectivity index (χ0n) is 8.34. The van der Waals surface area contributed by atoms with Crippen molar-refractivity contribution in [3.8, 4) is 11.8 Å². The first-order valence-corrected chi connectivity index (χ1v) is 4.54. The van der Waals surface area contributed by atoms with E-state index in [1.165, 1.54) is 6.07 Å². The average Bonchev–Trinajstić information content (AvgIpc) is 2.27. The highest BCUT2D eigenvalue weighted by Gasteiger charge is 2.03. The molecule has 5 heteroatoms. The molecule has 15 heavy (non-hydrogen) atoms. The summed E-state index contributed by atoms with van der Waals surface area (Å²) in [5.41, 5.74) is 9.04. The van der Waals surface area contributed by atoms with Crippen LogP contribution >= 0.6 is 0 Å². The predicted molar refractivity (Wildman–Crippen MR) is 55.7 cm³/mol. The van der Waals surface area contributed by atoms with Gasteiger partial charge in [-0.1, -0.05) is 12.0 Å². The Kier molecular flexibility index (Phi) is 4.02. The number of hydrogen-bond acceptors (Lipinski definition) is 3. The molecule has 0 saturated heterocycles. The van der Waals surface area contributed by atoms with E-state index in [1.807, 2.05) is 13.0 Å². The number of nitrogens with zero attached hydrogens (tertiary/aromatic N) is 4. The highest BCUT2D eigenvalue weighted by atomic mass is 16.5. The van der Waals surface area contributed by atoms with Crippen LogP contribution in [-0.4, -0.2) is 6.61 Å². The van der Waals surface area contributed by atoms with E-state index >= 15 is 0 Å². The zero-order chi connectivity index (χ0) is 11.1. The zero-order valence-corrected chi connectivity index (χ0v) is 8.34. The first-order chi connectivity index (χ1) is 7.31. The summed E-state index contributed by atoms with van der Waals surface area (Å²) in [4.78, 5) is 2.65. The fraction of sp³-hybridized carbons (Fsp3) is 0.300. The second-order valence-corrected chi connectivity index (χ2v) is 2.83. The van der Waals surface area contributed by atoms with E-state index in [0.717, 1.165) is 6.42 Å². The summed E-state index contributed by atoms with van der Waals surface area (Å²) in [6, 6.07) is 6.75. The van der Waals surface area contributed by atoms with Crippen molar-refractivity contribution in [2.75, 3.05) is 6.61 Å². The summed E-state index contributed by atoms with van der Waals surface area (Å²) in [6.07, 6.45) is 0.878. The molecule has 1 aromatic rings. The van der Waals surface area contributed by atoms with E-state index in [1.54, 1.807) is 12.1 Å². The van der Waals surface area contributed by atoms with Crippen molar-refractivity contribution < 1.29 is 4.74 Å². The van der Waals surface area contributed by atoms with E-state index in [9.17, 15) is 0 Å². The van der Waals surface area contributed by atoms with Crippen LogP contribution in [0.5, 0.6) is 5.75 Å². The highest BCUT2D eigenvalue weighted by Crippen LogP contribution is 2.24. The predicted octanol–water partition coefficient (Wildman–Crippen LogP) is 3.29. The van der Waals surface area contributed by atoms with Gasteiger partial charge in [0.1, 0.15) is 11.8 Å². The second-order valence-electron chi connectivity index (χ2n) is 2.83. The van der Waals surface area contributed by atoms with Crippen molar-refractivity contribution in [3.63, 3.8) is 0 Å². The van der Waals surface area contributed by atoms with Crippen LogP contribution in [0.3, 0.4) is 0 Å². The van der Waals surface area contributed by atoms with Gasteiger partial charge in [-0.25, -0.2) is 0 Å². The number of ether oxygens (including phenoxy) is 1. The van der Waals surface area contributed by atoms with Crippen molar-refractivity contribution >= 4 is 5.69 Å². The van der Waals surface area contributed by atoms with Crippen molar-refractivity contribution in [1.82, 2.24) is 0 Å². The standard InChI is InChI=1S/C10H10N4O/c1-2-5-15-10-4-3-9(13-14-12)6-8(10)7-11/h3-4,6H,2,5H2,1H3. The van der Waals surface area contributed by atoms with Gasteiger partial charge in [-0.3, -0.25) is 0 Å². The van der Waals surface area contributed by atoms with Gasteiger partial charge in [-0.2, -0.15) is 5.26 Å². The molecule has 0 atom stereocenters. The number of hydrogen-bond donors (Lipinski definition) is 0. The number of nitriles is 1. The molecule has 0 unspecified atom stereocenters. The van der Waals surface area contributed by atoms with Crippen LogP contribution in [-0.2, 0) is 0 Å². The molecule has 0 bridgehead atoms. The van der Waals surface area contributed by atoms with E-state index in [0.29, 0.717) is 23.6 Å². The largest absolute Gasteiger partial charge is 0.492 e. The number of azide groups is 1. The minimum atomic E-state index is 0.383. The summed E-state index contributed by atoms with van der Waals surface area (Å²) in [5.74, 6) is 0.524. The van der Waals surface area contributed by atoms with Gasteiger partial charge in [-0.05, 0) is 30.2 Å². The quantitative estimate of drug-likeness (QED) is 0.426. The summed E-state index contributed by atoms with van der Waals surface area (Å²) in [5, 5.41) is 12.3. The van der Waals surface area contributed by atoms with Crippen LogP contribution < -0.4 is 4.74 Å². The van der Waals surface area contributed by atoms with E-state index in [4.69, 9.17) is 15.5 Å². The molecular weight excluding hydrogens is 192 g/mol. The van der Waals surface area contributed by atoms with Gasteiger partial charge >= 0.3 is 0 Å². The Hall–Kier alpha value is -2.18. The summed E-state index contributed by atoms with van der Waals surface area (Å²) >= 11 is 0. The van der Waals surface area contributed by atoms with Gasteiger partial charge in [0.05, 0.1) is 12.2 Å².